The summed E-state index contributed by atoms with van der Waals surface area (Å²) in [6.07, 6.45) is 1.25. The van der Waals surface area contributed by atoms with Gasteiger partial charge in [-0.3, -0.25) is 4.90 Å². The number of ether oxygens (including phenoxy) is 2. The highest BCUT2D eigenvalue weighted by atomic mass is 16.6. The second-order valence-corrected chi connectivity index (χ2v) is 5.56. The number of piperidine rings is 1. The molecule has 88 valence electrons. The normalized spacial score (nSPS) is 28.0. The summed E-state index contributed by atoms with van der Waals surface area (Å²) in [5.41, 5.74) is -0.136. The summed E-state index contributed by atoms with van der Waals surface area (Å²) < 4.78 is 10.9. The first-order valence-corrected chi connectivity index (χ1v) is 5.64. The molecule has 0 aromatic heterocycles. The first-order chi connectivity index (χ1) is 6.90. The predicted octanol–water partition coefficient (Wildman–Crippen LogP) is 0.942. The van der Waals surface area contributed by atoms with Crippen molar-refractivity contribution in [2.24, 2.45) is 0 Å². The van der Waals surface area contributed by atoms with E-state index in [2.05, 4.69) is 0 Å². The molecule has 0 amide bonds. The van der Waals surface area contributed by atoms with E-state index in [4.69, 9.17) is 9.47 Å². The van der Waals surface area contributed by atoms with Crippen molar-refractivity contribution in [1.82, 2.24) is 4.90 Å². The molecule has 0 radical (unpaired) electrons. The largest absolute Gasteiger partial charge is 0.369 e. The molecule has 2 saturated heterocycles. The summed E-state index contributed by atoms with van der Waals surface area (Å²) in [6.45, 7) is 8.47. The SMILES string of the molecule is CC(C)(C)OC(O)N1CCC2(CC1)CO2. The molecule has 15 heavy (non-hydrogen) atoms. The van der Waals surface area contributed by atoms with Gasteiger partial charge in [0.2, 0.25) is 6.41 Å². The van der Waals surface area contributed by atoms with E-state index in [1.807, 2.05) is 25.7 Å². The van der Waals surface area contributed by atoms with E-state index in [-0.39, 0.29) is 11.2 Å². The Morgan fingerprint density at radius 3 is 2.27 bits per heavy atom. The molecule has 1 N–H and O–H groups in total. The second-order valence-electron chi connectivity index (χ2n) is 5.56. The van der Waals surface area contributed by atoms with Crippen LogP contribution < -0.4 is 0 Å². The van der Waals surface area contributed by atoms with Crippen molar-refractivity contribution in [3.63, 3.8) is 0 Å². The number of rotatable bonds is 2. The molecule has 2 aliphatic heterocycles. The first-order valence-electron chi connectivity index (χ1n) is 5.64. The second kappa shape index (κ2) is 3.70. The summed E-state index contributed by atoms with van der Waals surface area (Å²) >= 11 is 0. The lowest BCUT2D eigenvalue weighted by atomic mass is 9.98. The zero-order chi connectivity index (χ0) is 11.1. The summed E-state index contributed by atoms with van der Waals surface area (Å²) in [5.74, 6) is 0. The Hall–Kier alpha value is -0.160. The Labute approximate surface area is 91.2 Å². The van der Waals surface area contributed by atoms with Gasteiger partial charge in [0.25, 0.3) is 0 Å². The minimum atomic E-state index is -0.777. The number of aliphatic hydroxyl groups is 1. The smallest absolute Gasteiger partial charge is 0.216 e. The lowest BCUT2D eigenvalue weighted by molar-refractivity contribution is -0.243. The van der Waals surface area contributed by atoms with Crippen molar-refractivity contribution in [2.75, 3.05) is 19.7 Å². The molecule has 4 heteroatoms. The van der Waals surface area contributed by atoms with Crippen molar-refractivity contribution >= 4 is 0 Å². The molecule has 1 atom stereocenters. The summed E-state index contributed by atoms with van der Waals surface area (Å²) in [5, 5.41) is 9.86. The Bertz CT molecular complexity index is 222. The monoisotopic (exact) mass is 215 g/mol. The fourth-order valence-electron chi connectivity index (χ4n) is 1.93. The van der Waals surface area contributed by atoms with Gasteiger partial charge in [-0.15, -0.1) is 0 Å². The van der Waals surface area contributed by atoms with E-state index < -0.39 is 6.41 Å². The van der Waals surface area contributed by atoms with Gasteiger partial charge in [-0.05, 0) is 33.6 Å². The number of aliphatic hydroxyl groups excluding tert-OH is 1. The van der Waals surface area contributed by atoms with E-state index in [0.29, 0.717) is 0 Å². The number of nitrogens with zero attached hydrogens (tertiary/aromatic N) is 1. The van der Waals surface area contributed by atoms with Crippen LogP contribution in [0.15, 0.2) is 0 Å². The Balaban J connectivity index is 1.79. The van der Waals surface area contributed by atoms with E-state index in [9.17, 15) is 5.11 Å². The molecule has 0 aliphatic carbocycles. The van der Waals surface area contributed by atoms with Crippen LogP contribution in [-0.4, -0.2) is 47.3 Å². The van der Waals surface area contributed by atoms with Crippen molar-refractivity contribution in [3.05, 3.63) is 0 Å². The Kier molecular flexibility index (Phi) is 2.79. The molecular weight excluding hydrogens is 194 g/mol. The van der Waals surface area contributed by atoms with Crippen molar-refractivity contribution < 1.29 is 14.6 Å². The van der Waals surface area contributed by atoms with E-state index in [0.717, 1.165) is 32.5 Å². The average molecular weight is 215 g/mol. The molecule has 2 heterocycles. The van der Waals surface area contributed by atoms with Crippen LogP contribution in [0.1, 0.15) is 33.6 Å². The summed E-state index contributed by atoms with van der Waals surface area (Å²) in [6, 6.07) is 0. The van der Waals surface area contributed by atoms with Crippen LogP contribution in [-0.2, 0) is 9.47 Å². The van der Waals surface area contributed by atoms with Gasteiger partial charge in [-0.25, -0.2) is 0 Å². The fraction of sp³-hybridized carbons (Fsp3) is 1.00. The maximum Gasteiger partial charge on any atom is 0.216 e. The molecular formula is C11H21NO3. The van der Waals surface area contributed by atoms with Crippen LogP contribution >= 0.6 is 0 Å². The van der Waals surface area contributed by atoms with Gasteiger partial charge in [-0.2, -0.15) is 0 Å². The van der Waals surface area contributed by atoms with Gasteiger partial charge < -0.3 is 14.6 Å². The van der Waals surface area contributed by atoms with Gasteiger partial charge in [0.1, 0.15) is 0 Å². The molecule has 2 aliphatic rings. The minimum absolute atomic E-state index is 0.165. The topological polar surface area (TPSA) is 45.2 Å². The molecule has 4 nitrogen and oxygen atoms in total. The first kappa shape index (κ1) is 11.3. The Morgan fingerprint density at radius 2 is 1.87 bits per heavy atom. The molecule has 0 aromatic carbocycles. The van der Waals surface area contributed by atoms with Crippen LogP contribution in [0.25, 0.3) is 0 Å². The zero-order valence-corrected chi connectivity index (χ0v) is 9.82. The lowest BCUT2D eigenvalue weighted by Gasteiger charge is -2.36. The van der Waals surface area contributed by atoms with Crippen molar-refractivity contribution in [2.45, 2.75) is 51.2 Å². The van der Waals surface area contributed by atoms with E-state index in [1.165, 1.54) is 0 Å². The standard InChI is InChI=1S/C11H21NO3/c1-10(2,3)15-9(13)12-6-4-11(5-7-12)8-14-11/h9,13H,4-8H2,1-3H3. The quantitative estimate of drug-likeness (QED) is 0.550. The van der Waals surface area contributed by atoms with Crippen LogP contribution in [0.5, 0.6) is 0 Å². The van der Waals surface area contributed by atoms with Crippen LogP contribution in [0.4, 0.5) is 0 Å². The third-order valence-electron chi connectivity index (χ3n) is 3.03. The van der Waals surface area contributed by atoms with Gasteiger partial charge in [-0.1, -0.05) is 0 Å². The van der Waals surface area contributed by atoms with Crippen LogP contribution in [0.3, 0.4) is 0 Å². The van der Waals surface area contributed by atoms with Crippen molar-refractivity contribution in [1.29, 1.82) is 0 Å². The van der Waals surface area contributed by atoms with Gasteiger partial charge >= 0.3 is 0 Å². The number of epoxide rings is 1. The summed E-state index contributed by atoms with van der Waals surface area (Å²) in [7, 11) is 0. The molecule has 1 unspecified atom stereocenters. The minimum Gasteiger partial charge on any atom is -0.369 e. The molecule has 1 spiro atoms. The van der Waals surface area contributed by atoms with Crippen LogP contribution in [0.2, 0.25) is 0 Å². The third-order valence-corrected chi connectivity index (χ3v) is 3.03. The highest BCUT2D eigenvalue weighted by Crippen LogP contribution is 2.38. The number of hydrogen-bond acceptors (Lipinski definition) is 4. The fourth-order valence-corrected chi connectivity index (χ4v) is 1.93. The number of likely N-dealkylation sites (tertiary alicyclic amines) is 1. The Morgan fingerprint density at radius 1 is 1.33 bits per heavy atom. The molecule has 0 bridgehead atoms. The van der Waals surface area contributed by atoms with E-state index >= 15 is 0 Å². The lowest BCUT2D eigenvalue weighted by Crippen LogP contribution is -2.47. The predicted molar refractivity (Wildman–Crippen MR) is 56.3 cm³/mol. The highest BCUT2D eigenvalue weighted by Gasteiger charge is 2.47. The number of hydrogen-bond donors (Lipinski definition) is 1. The molecule has 0 aromatic rings. The van der Waals surface area contributed by atoms with Gasteiger partial charge in [0.05, 0.1) is 17.8 Å². The highest BCUT2D eigenvalue weighted by molar-refractivity contribution is 4.96. The van der Waals surface area contributed by atoms with Crippen molar-refractivity contribution in [3.8, 4) is 0 Å². The molecule has 0 saturated carbocycles. The van der Waals surface area contributed by atoms with Gasteiger partial charge in [0.15, 0.2) is 0 Å². The maximum atomic E-state index is 9.86. The van der Waals surface area contributed by atoms with Crippen LogP contribution in [0, 0.1) is 0 Å². The van der Waals surface area contributed by atoms with E-state index in [1.54, 1.807) is 0 Å². The maximum absolute atomic E-state index is 9.86. The van der Waals surface area contributed by atoms with Gasteiger partial charge in [0, 0.05) is 13.1 Å². The summed E-state index contributed by atoms with van der Waals surface area (Å²) in [4.78, 5) is 1.97. The third kappa shape index (κ3) is 2.91. The zero-order valence-electron chi connectivity index (χ0n) is 9.82. The molecule has 2 fully saturated rings. The average Bonchev–Trinajstić information content (AvgIpc) is 2.83. The molecule has 2 rings (SSSR count).